The minimum absolute atomic E-state index is 0.0334. The Labute approximate surface area is 222 Å². The van der Waals surface area contributed by atoms with E-state index >= 15 is 4.39 Å². The Kier molecular flexibility index (Phi) is 6.90. The summed E-state index contributed by atoms with van der Waals surface area (Å²) in [5.74, 6) is 0.158. The Morgan fingerprint density at radius 1 is 1.18 bits per heavy atom. The maximum absolute atomic E-state index is 15.2. The van der Waals surface area contributed by atoms with Gasteiger partial charge in [-0.05, 0) is 111 Å². The van der Waals surface area contributed by atoms with Crippen LogP contribution in [0.25, 0.3) is 11.1 Å². The molecule has 2 aliphatic rings. The van der Waals surface area contributed by atoms with E-state index in [-0.39, 0.29) is 23.7 Å². The Morgan fingerprint density at radius 3 is 2.53 bits per heavy atom. The van der Waals surface area contributed by atoms with Crippen molar-refractivity contribution in [1.29, 1.82) is 0 Å². The highest BCUT2D eigenvalue weighted by molar-refractivity contribution is 5.77. The van der Waals surface area contributed by atoms with Gasteiger partial charge in [-0.2, -0.15) is 0 Å². The Hall–Kier alpha value is -3.45. The molecule has 2 aromatic carbocycles. The first kappa shape index (κ1) is 26.2. The van der Waals surface area contributed by atoms with E-state index in [0.29, 0.717) is 30.8 Å². The van der Waals surface area contributed by atoms with Crippen LogP contribution in [0.15, 0.2) is 42.6 Å². The van der Waals surface area contributed by atoms with E-state index in [1.165, 1.54) is 0 Å². The SMILES string of the molecule is Cc1cc(OCCC(C)(C)O)cc(C)c1-c1ccc(F)c2c1CC[C@H]2Nc1ccc([C@H]2CC2C(=O)O)cn1. The van der Waals surface area contributed by atoms with E-state index in [9.17, 15) is 15.0 Å². The van der Waals surface area contributed by atoms with Crippen LogP contribution in [0, 0.1) is 25.6 Å². The average molecular weight is 519 g/mol. The summed E-state index contributed by atoms with van der Waals surface area (Å²) in [6.45, 7) is 8.06. The number of hydrogen-bond acceptors (Lipinski definition) is 5. The summed E-state index contributed by atoms with van der Waals surface area (Å²) in [5, 5.41) is 22.5. The van der Waals surface area contributed by atoms with Crippen molar-refractivity contribution >= 4 is 11.8 Å². The largest absolute Gasteiger partial charge is 0.493 e. The molecule has 0 amide bonds. The third kappa shape index (κ3) is 5.39. The zero-order chi connectivity index (χ0) is 27.2. The van der Waals surface area contributed by atoms with Crippen LogP contribution in [0.3, 0.4) is 0 Å². The van der Waals surface area contributed by atoms with E-state index in [4.69, 9.17) is 4.74 Å². The molecule has 1 unspecified atom stereocenters. The van der Waals surface area contributed by atoms with E-state index in [1.54, 1.807) is 26.1 Å². The van der Waals surface area contributed by atoms with Crippen molar-refractivity contribution in [2.75, 3.05) is 11.9 Å². The van der Waals surface area contributed by atoms with E-state index in [2.05, 4.69) is 10.3 Å². The molecule has 0 radical (unpaired) electrons. The number of hydrogen-bond donors (Lipinski definition) is 3. The van der Waals surface area contributed by atoms with Gasteiger partial charge in [0.05, 0.1) is 24.2 Å². The lowest BCUT2D eigenvalue weighted by Gasteiger charge is -2.20. The summed E-state index contributed by atoms with van der Waals surface area (Å²) in [7, 11) is 0. The molecule has 0 spiro atoms. The standard InChI is InChI=1S/C31H35FN2O4/c1-17-13-20(38-12-11-31(3,4)37)14-18(2)28(17)21-6-8-25(32)29-22(21)7-9-26(29)34-27-10-5-19(16-33-27)23-15-24(23)30(35)36/h5-6,8,10,13-14,16,23-24,26,37H,7,9,11-12,15H2,1-4H3,(H,33,34)(H,35,36)/t23-,24?,26-/m1/s1. The number of pyridine rings is 1. The lowest BCUT2D eigenvalue weighted by Crippen LogP contribution is -2.21. The number of aliphatic carboxylic acids is 1. The van der Waals surface area contributed by atoms with E-state index < -0.39 is 11.6 Å². The number of carboxylic acids is 1. The highest BCUT2D eigenvalue weighted by Gasteiger charge is 2.44. The fourth-order valence-electron chi connectivity index (χ4n) is 5.67. The molecule has 0 saturated heterocycles. The van der Waals surface area contributed by atoms with Crippen LogP contribution in [-0.4, -0.2) is 33.4 Å². The zero-order valence-electron chi connectivity index (χ0n) is 22.3. The van der Waals surface area contributed by atoms with Gasteiger partial charge in [0.15, 0.2) is 0 Å². The lowest BCUT2D eigenvalue weighted by molar-refractivity contribution is -0.138. The molecule has 0 bridgehead atoms. The van der Waals surface area contributed by atoms with Crippen molar-refractivity contribution in [1.82, 2.24) is 4.98 Å². The van der Waals surface area contributed by atoms with Crippen molar-refractivity contribution in [3.8, 4) is 16.9 Å². The number of nitrogens with zero attached hydrogens (tertiary/aromatic N) is 1. The molecular weight excluding hydrogens is 483 g/mol. The number of aromatic nitrogens is 1. The Bertz CT molecular complexity index is 1340. The van der Waals surface area contributed by atoms with Gasteiger partial charge in [-0.1, -0.05) is 12.1 Å². The average Bonchev–Trinajstić information content (AvgIpc) is 3.54. The van der Waals surface area contributed by atoms with Crippen molar-refractivity contribution in [3.63, 3.8) is 0 Å². The first-order valence-corrected chi connectivity index (χ1v) is 13.2. The van der Waals surface area contributed by atoms with Gasteiger partial charge in [0, 0.05) is 18.2 Å². The van der Waals surface area contributed by atoms with Gasteiger partial charge in [-0.25, -0.2) is 9.37 Å². The van der Waals surface area contributed by atoms with Gasteiger partial charge in [0.2, 0.25) is 0 Å². The second kappa shape index (κ2) is 10.0. The summed E-state index contributed by atoms with van der Waals surface area (Å²) in [4.78, 5) is 15.7. The predicted octanol–water partition coefficient (Wildman–Crippen LogP) is 6.33. The smallest absolute Gasteiger partial charge is 0.307 e. The van der Waals surface area contributed by atoms with E-state index in [1.807, 2.05) is 44.2 Å². The molecule has 7 heteroatoms. The van der Waals surface area contributed by atoms with Gasteiger partial charge >= 0.3 is 5.97 Å². The number of aryl methyl sites for hydroxylation is 2. The summed E-state index contributed by atoms with van der Waals surface area (Å²) >= 11 is 0. The molecule has 1 fully saturated rings. The topological polar surface area (TPSA) is 91.7 Å². The molecule has 1 heterocycles. The van der Waals surface area contributed by atoms with Crippen molar-refractivity contribution in [3.05, 3.63) is 76.2 Å². The van der Waals surface area contributed by atoms with Crippen LogP contribution in [0.2, 0.25) is 0 Å². The molecule has 6 nitrogen and oxygen atoms in total. The summed E-state index contributed by atoms with van der Waals surface area (Å²) in [6, 6.07) is 11.0. The van der Waals surface area contributed by atoms with Gasteiger partial charge < -0.3 is 20.3 Å². The van der Waals surface area contributed by atoms with Crippen LogP contribution in [0.1, 0.15) is 72.9 Å². The molecule has 3 aromatic rings. The Balaban J connectivity index is 1.36. The number of carbonyl (C=O) groups is 1. The number of aliphatic hydroxyl groups is 1. The van der Waals surface area contributed by atoms with Crippen LogP contribution in [0.4, 0.5) is 10.2 Å². The fourth-order valence-corrected chi connectivity index (χ4v) is 5.67. The maximum Gasteiger partial charge on any atom is 0.307 e. The summed E-state index contributed by atoms with van der Waals surface area (Å²) in [5.41, 5.74) is 6.12. The molecule has 3 atom stereocenters. The molecule has 0 aliphatic heterocycles. The third-order valence-electron chi connectivity index (χ3n) is 7.74. The zero-order valence-corrected chi connectivity index (χ0v) is 22.3. The quantitative estimate of drug-likeness (QED) is 0.307. The first-order chi connectivity index (χ1) is 18.0. The number of benzene rings is 2. The highest BCUT2D eigenvalue weighted by atomic mass is 19.1. The number of rotatable bonds is 9. The monoisotopic (exact) mass is 518 g/mol. The third-order valence-corrected chi connectivity index (χ3v) is 7.74. The van der Waals surface area contributed by atoms with Crippen LogP contribution < -0.4 is 10.1 Å². The van der Waals surface area contributed by atoms with Crippen LogP contribution >= 0.6 is 0 Å². The molecule has 2 aliphatic carbocycles. The van der Waals surface area contributed by atoms with Gasteiger partial charge in [-0.15, -0.1) is 0 Å². The first-order valence-electron chi connectivity index (χ1n) is 13.2. The number of ether oxygens (including phenoxy) is 1. The highest BCUT2D eigenvalue weighted by Crippen LogP contribution is 2.48. The second-order valence-electron chi connectivity index (χ2n) is 11.3. The maximum atomic E-state index is 15.2. The van der Waals surface area contributed by atoms with Crippen LogP contribution in [-0.2, 0) is 11.2 Å². The fraction of sp³-hybridized carbons (Fsp3) is 0.419. The molecule has 5 rings (SSSR count). The molecule has 3 N–H and O–H groups in total. The molecule has 1 aromatic heterocycles. The Morgan fingerprint density at radius 2 is 1.92 bits per heavy atom. The molecule has 1 saturated carbocycles. The minimum Gasteiger partial charge on any atom is -0.493 e. The van der Waals surface area contributed by atoms with Crippen molar-refractivity contribution < 1.29 is 24.1 Å². The molecule has 200 valence electrons. The summed E-state index contributed by atoms with van der Waals surface area (Å²) < 4.78 is 21.1. The normalized spacial score (nSPS) is 20.2. The minimum atomic E-state index is -0.776. The number of anilines is 1. The van der Waals surface area contributed by atoms with Crippen molar-refractivity contribution in [2.45, 2.75) is 70.9 Å². The predicted molar refractivity (Wildman–Crippen MR) is 145 cm³/mol. The van der Waals surface area contributed by atoms with Gasteiger partial charge in [-0.3, -0.25) is 4.79 Å². The van der Waals surface area contributed by atoms with Gasteiger partial charge in [0.25, 0.3) is 0 Å². The van der Waals surface area contributed by atoms with Gasteiger partial charge in [0.1, 0.15) is 17.4 Å². The summed E-state index contributed by atoms with van der Waals surface area (Å²) in [6.07, 6.45) is 4.43. The number of fused-ring (bicyclic) bond motifs is 1. The molecule has 38 heavy (non-hydrogen) atoms. The number of halogens is 1. The number of nitrogens with one attached hydrogen (secondary N) is 1. The van der Waals surface area contributed by atoms with Crippen molar-refractivity contribution in [2.24, 2.45) is 5.92 Å². The lowest BCUT2D eigenvalue weighted by atomic mass is 9.90. The second-order valence-corrected chi connectivity index (χ2v) is 11.3. The van der Waals surface area contributed by atoms with E-state index in [0.717, 1.165) is 52.0 Å². The van der Waals surface area contributed by atoms with Crippen LogP contribution in [0.5, 0.6) is 5.75 Å². The number of carboxylic acid groups (broad SMARTS) is 1. The molecular formula is C31H35FN2O4.